The van der Waals surface area contributed by atoms with E-state index in [9.17, 15) is 4.79 Å². The highest BCUT2D eigenvalue weighted by molar-refractivity contribution is 5.91. The molecule has 0 spiro atoms. The van der Waals surface area contributed by atoms with E-state index in [-0.39, 0.29) is 5.91 Å². The van der Waals surface area contributed by atoms with Crippen molar-refractivity contribution in [1.29, 1.82) is 0 Å². The molecule has 2 aromatic rings. The summed E-state index contributed by atoms with van der Waals surface area (Å²) in [4.78, 5) is 12.2. The average molecular weight is 326 g/mol. The first kappa shape index (κ1) is 16.2. The fourth-order valence-corrected chi connectivity index (χ4v) is 2.79. The van der Waals surface area contributed by atoms with Crippen molar-refractivity contribution >= 4 is 5.91 Å². The van der Waals surface area contributed by atoms with Gasteiger partial charge in [0.25, 0.3) is 5.91 Å². The first-order chi connectivity index (χ1) is 11.8. The summed E-state index contributed by atoms with van der Waals surface area (Å²) < 4.78 is 6.71. The van der Waals surface area contributed by atoms with Crippen LogP contribution in [0.15, 0.2) is 42.1 Å². The summed E-state index contributed by atoms with van der Waals surface area (Å²) in [5.74, 6) is 0.583. The van der Waals surface area contributed by atoms with E-state index in [2.05, 4.69) is 21.7 Å². The molecular formula is C18H22N4O2. The van der Waals surface area contributed by atoms with Crippen LogP contribution in [0.25, 0.3) is 5.69 Å². The van der Waals surface area contributed by atoms with Gasteiger partial charge in [-0.15, -0.1) is 5.10 Å². The Bertz CT molecular complexity index is 719. The van der Waals surface area contributed by atoms with Crippen LogP contribution in [0.5, 0.6) is 5.75 Å². The van der Waals surface area contributed by atoms with Gasteiger partial charge in [0, 0.05) is 6.54 Å². The summed E-state index contributed by atoms with van der Waals surface area (Å²) in [6.07, 6.45) is 9.72. The smallest absolute Gasteiger partial charge is 0.273 e. The molecule has 6 nitrogen and oxygen atoms in total. The number of benzene rings is 1. The predicted octanol–water partition coefficient (Wildman–Crippen LogP) is 2.90. The van der Waals surface area contributed by atoms with Gasteiger partial charge in [0.15, 0.2) is 5.69 Å². The van der Waals surface area contributed by atoms with Crippen LogP contribution in [0.3, 0.4) is 0 Å². The summed E-state index contributed by atoms with van der Waals surface area (Å²) in [5.41, 5.74) is 2.60. The first-order valence-electron chi connectivity index (χ1n) is 8.29. The Morgan fingerprint density at radius 1 is 1.29 bits per heavy atom. The molecule has 0 saturated carbocycles. The third-order valence-electron chi connectivity index (χ3n) is 4.18. The number of carbonyl (C=O) groups is 1. The van der Waals surface area contributed by atoms with E-state index in [1.165, 1.54) is 24.8 Å². The van der Waals surface area contributed by atoms with Crippen LogP contribution in [0, 0.1) is 0 Å². The minimum Gasteiger partial charge on any atom is -0.497 e. The summed E-state index contributed by atoms with van der Waals surface area (Å²) in [6, 6.07) is 7.42. The van der Waals surface area contributed by atoms with Crippen molar-refractivity contribution in [1.82, 2.24) is 20.3 Å². The van der Waals surface area contributed by atoms with Crippen LogP contribution in [-0.4, -0.2) is 34.6 Å². The van der Waals surface area contributed by atoms with Gasteiger partial charge >= 0.3 is 0 Å². The van der Waals surface area contributed by atoms with E-state index in [1.54, 1.807) is 18.0 Å². The van der Waals surface area contributed by atoms with E-state index >= 15 is 0 Å². The number of hydrogen-bond donors (Lipinski definition) is 1. The lowest BCUT2D eigenvalue weighted by Crippen LogP contribution is -2.25. The van der Waals surface area contributed by atoms with Crippen molar-refractivity contribution < 1.29 is 9.53 Å². The quantitative estimate of drug-likeness (QED) is 0.829. The topological polar surface area (TPSA) is 69.0 Å². The first-order valence-corrected chi connectivity index (χ1v) is 8.29. The number of methoxy groups -OCH3 is 1. The molecule has 0 fully saturated rings. The van der Waals surface area contributed by atoms with Crippen LogP contribution in [0.4, 0.5) is 0 Å². The predicted molar refractivity (Wildman–Crippen MR) is 91.4 cm³/mol. The van der Waals surface area contributed by atoms with Gasteiger partial charge in [-0.3, -0.25) is 4.79 Å². The maximum absolute atomic E-state index is 12.2. The lowest BCUT2D eigenvalue weighted by molar-refractivity contribution is 0.0949. The van der Waals surface area contributed by atoms with Crippen LogP contribution in [0.2, 0.25) is 0 Å². The van der Waals surface area contributed by atoms with Crippen molar-refractivity contribution in [3.8, 4) is 11.4 Å². The molecule has 0 radical (unpaired) electrons. The summed E-state index contributed by atoms with van der Waals surface area (Å²) in [7, 11) is 1.62. The normalized spacial score (nSPS) is 14.1. The highest BCUT2D eigenvalue weighted by atomic mass is 16.5. The molecule has 0 unspecified atom stereocenters. The Kier molecular flexibility index (Phi) is 5.25. The SMILES string of the molecule is COc1ccc(-n2cc(C(=O)NCCC3=CCCCC3)nn2)cc1. The van der Waals surface area contributed by atoms with Gasteiger partial charge in [-0.25, -0.2) is 4.68 Å². The number of nitrogens with one attached hydrogen (secondary N) is 1. The molecule has 1 aliphatic rings. The van der Waals surface area contributed by atoms with Gasteiger partial charge in [0.1, 0.15) is 5.75 Å². The molecule has 0 saturated heterocycles. The molecule has 1 N–H and O–H groups in total. The summed E-state index contributed by atoms with van der Waals surface area (Å²) in [5, 5.41) is 10.9. The highest BCUT2D eigenvalue weighted by Crippen LogP contribution is 2.19. The molecule has 6 heteroatoms. The maximum Gasteiger partial charge on any atom is 0.273 e. The highest BCUT2D eigenvalue weighted by Gasteiger charge is 2.12. The summed E-state index contributed by atoms with van der Waals surface area (Å²) >= 11 is 0. The second-order valence-corrected chi connectivity index (χ2v) is 5.86. The van der Waals surface area contributed by atoms with Crippen molar-refractivity contribution in [3.05, 3.63) is 47.8 Å². The number of ether oxygens (including phenoxy) is 1. The number of allylic oxidation sites excluding steroid dienone is 1. The Hall–Kier alpha value is -2.63. The van der Waals surface area contributed by atoms with Gasteiger partial charge in [-0.2, -0.15) is 0 Å². The van der Waals surface area contributed by atoms with Gasteiger partial charge in [0.05, 0.1) is 19.0 Å². The standard InChI is InChI=1S/C18H22N4O2/c1-24-16-9-7-15(8-10-16)22-13-17(20-21-22)18(23)19-12-11-14-5-3-2-4-6-14/h5,7-10,13H,2-4,6,11-12H2,1H3,(H,19,23). The van der Waals surface area contributed by atoms with Gasteiger partial charge in [0.2, 0.25) is 0 Å². The molecule has 1 aromatic heterocycles. The molecular weight excluding hydrogens is 304 g/mol. The molecule has 126 valence electrons. The number of nitrogens with zero attached hydrogens (tertiary/aromatic N) is 3. The zero-order chi connectivity index (χ0) is 16.8. The minimum atomic E-state index is -0.189. The summed E-state index contributed by atoms with van der Waals surface area (Å²) in [6.45, 7) is 0.639. The second-order valence-electron chi connectivity index (χ2n) is 5.86. The van der Waals surface area contributed by atoms with Crippen LogP contribution >= 0.6 is 0 Å². The van der Waals surface area contributed by atoms with Crippen molar-refractivity contribution in [3.63, 3.8) is 0 Å². The number of aromatic nitrogens is 3. The molecule has 1 aromatic carbocycles. The average Bonchev–Trinajstić information content (AvgIpc) is 3.13. The second kappa shape index (κ2) is 7.77. The van der Waals surface area contributed by atoms with E-state index in [0.29, 0.717) is 12.2 Å². The largest absolute Gasteiger partial charge is 0.497 e. The van der Waals surface area contributed by atoms with Crippen molar-refractivity contribution in [2.24, 2.45) is 0 Å². The number of amides is 1. The van der Waals surface area contributed by atoms with Crippen molar-refractivity contribution in [2.45, 2.75) is 32.1 Å². The Balaban J connectivity index is 1.55. The van der Waals surface area contributed by atoms with Crippen molar-refractivity contribution in [2.75, 3.05) is 13.7 Å². The Morgan fingerprint density at radius 2 is 2.12 bits per heavy atom. The molecule has 24 heavy (non-hydrogen) atoms. The molecule has 0 bridgehead atoms. The molecule has 0 aliphatic heterocycles. The van der Waals surface area contributed by atoms with Crippen LogP contribution in [-0.2, 0) is 0 Å². The molecule has 0 atom stereocenters. The Labute approximate surface area is 141 Å². The van der Waals surface area contributed by atoms with E-state index in [1.807, 2.05) is 24.3 Å². The number of carbonyl (C=O) groups excluding carboxylic acids is 1. The zero-order valence-corrected chi connectivity index (χ0v) is 13.9. The molecule has 1 amide bonds. The van der Waals surface area contributed by atoms with Gasteiger partial charge < -0.3 is 10.1 Å². The van der Waals surface area contributed by atoms with Gasteiger partial charge in [-0.05, 0) is 56.4 Å². The fraction of sp³-hybridized carbons (Fsp3) is 0.389. The van der Waals surface area contributed by atoms with E-state index in [0.717, 1.165) is 24.3 Å². The maximum atomic E-state index is 12.2. The monoisotopic (exact) mass is 326 g/mol. The van der Waals surface area contributed by atoms with E-state index < -0.39 is 0 Å². The minimum absolute atomic E-state index is 0.189. The lowest BCUT2D eigenvalue weighted by atomic mass is 9.97. The zero-order valence-electron chi connectivity index (χ0n) is 13.9. The third kappa shape index (κ3) is 4.01. The van der Waals surface area contributed by atoms with Crippen LogP contribution in [0.1, 0.15) is 42.6 Å². The molecule has 1 heterocycles. The number of rotatable bonds is 6. The molecule has 3 rings (SSSR count). The molecule has 1 aliphatic carbocycles. The van der Waals surface area contributed by atoms with Gasteiger partial charge in [-0.1, -0.05) is 16.9 Å². The van der Waals surface area contributed by atoms with E-state index in [4.69, 9.17) is 4.74 Å². The Morgan fingerprint density at radius 3 is 2.83 bits per heavy atom. The lowest BCUT2D eigenvalue weighted by Gasteiger charge is -2.12. The fourth-order valence-electron chi connectivity index (χ4n) is 2.79. The van der Waals surface area contributed by atoms with Crippen LogP contribution < -0.4 is 10.1 Å². The third-order valence-corrected chi connectivity index (χ3v) is 4.18. The number of hydrogen-bond acceptors (Lipinski definition) is 4.